The number of Topliss-reactive ketones (excluding diaryl/α,β-unsaturated/α-hetero) is 1. The number of nitrogens with zero attached hydrogens (tertiary/aromatic N) is 3. The summed E-state index contributed by atoms with van der Waals surface area (Å²) in [4.78, 5) is 45.7. The van der Waals surface area contributed by atoms with Crippen molar-refractivity contribution in [1.29, 1.82) is 0 Å². The molecular weight excluding hydrogens is 460 g/mol. The van der Waals surface area contributed by atoms with Crippen molar-refractivity contribution in [2.45, 2.75) is 63.4 Å². The fraction of sp³-hybridized carbons (Fsp3) is 0.667. The highest BCUT2D eigenvalue weighted by Crippen LogP contribution is 2.31. The van der Waals surface area contributed by atoms with Gasteiger partial charge in [-0.3, -0.25) is 19.3 Å². The molecule has 1 aliphatic carbocycles. The van der Waals surface area contributed by atoms with Gasteiger partial charge in [0.15, 0.2) is 5.78 Å². The largest absolute Gasteiger partial charge is 0.377 e. The first-order valence-corrected chi connectivity index (χ1v) is 13.2. The molecular formula is C27H38N4O5. The first kappa shape index (κ1) is 25.2. The van der Waals surface area contributed by atoms with Gasteiger partial charge in [0.2, 0.25) is 5.91 Å². The van der Waals surface area contributed by atoms with E-state index >= 15 is 0 Å². The van der Waals surface area contributed by atoms with Crippen molar-refractivity contribution in [2.75, 3.05) is 51.3 Å². The summed E-state index contributed by atoms with van der Waals surface area (Å²) in [5.41, 5.74) is 1.64. The van der Waals surface area contributed by atoms with Crippen LogP contribution in [-0.4, -0.2) is 104 Å². The minimum absolute atomic E-state index is 0.0117. The fourth-order valence-corrected chi connectivity index (χ4v) is 5.79. The molecule has 9 nitrogen and oxygen atoms in total. The Morgan fingerprint density at radius 2 is 1.81 bits per heavy atom. The molecule has 2 amide bonds. The van der Waals surface area contributed by atoms with Crippen LogP contribution < -0.4 is 10.2 Å². The summed E-state index contributed by atoms with van der Waals surface area (Å²) in [6.07, 6.45) is 2.36. The Kier molecular flexibility index (Phi) is 7.32. The summed E-state index contributed by atoms with van der Waals surface area (Å²) < 4.78 is 11.1. The van der Waals surface area contributed by atoms with Gasteiger partial charge in [0.25, 0.3) is 5.91 Å². The lowest BCUT2D eigenvalue weighted by Gasteiger charge is -2.36. The van der Waals surface area contributed by atoms with Crippen LogP contribution in [0.25, 0.3) is 0 Å². The molecule has 36 heavy (non-hydrogen) atoms. The molecule has 3 heterocycles. The van der Waals surface area contributed by atoms with E-state index in [1.165, 1.54) is 12.8 Å². The Labute approximate surface area is 213 Å². The molecule has 4 atom stereocenters. The maximum absolute atomic E-state index is 13.6. The molecule has 196 valence electrons. The Bertz CT molecular complexity index is 971. The van der Waals surface area contributed by atoms with Gasteiger partial charge in [0.1, 0.15) is 30.9 Å². The van der Waals surface area contributed by atoms with E-state index in [1.54, 1.807) is 12.0 Å². The van der Waals surface area contributed by atoms with E-state index in [9.17, 15) is 14.4 Å². The van der Waals surface area contributed by atoms with Gasteiger partial charge in [-0.2, -0.15) is 0 Å². The summed E-state index contributed by atoms with van der Waals surface area (Å²) in [6.45, 7) is 8.46. The lowest BCUT2D eigenvalue weighted by Crippen LogP contribution is -2.52. The molecule has 1 aromatic carbocycles. The van der Waals surface area contributed by atoms with E-state index in [0.29, 0.717) is 12.0 Å². The molecule has 1 N–H and O–H groups in total. The molecule has 0 radical (unpaired) electrons. The topological polar surface area (TPSA) is 91.4 Å². The number of carbonyl (C=O) groups is 3. The van der Waals surface area contributed by atoms with E-state index in [-0.39, 0.29) is 42.8 Å². The van der Waals surface area contributed by atoms with Crippen LogP contribution in [0.2, 0.25) is 0 Å². The van der Waals surface area contributed by atoms with Gasteiger partial charge < -0.3 is 24.6 Å². The number of fused-ring (bicyclic) bond motifs is 1. The number of ether oxygens (including phenoxy) is 2. The Morgan fingerprint density at radius 1 is 1.11 bits per heavy atom. The van der Waals surface area contributed by atoms with Crippen molar-refractivity contribution >= 4 is 23.3 Å². The third kappa shape index (κ3) is 5.14. The first-order chi connectivity index (χ1) is 17.4. The number of piperazine rings is 1. The summed E-state index contributed by atoms with van der Waals surface area (Å²) in [6, 6.07) is 7.07. The van der Waals surface area contributed by atoms with Crippen molar-refractivity contribution in [3.8, 4) is 0 Å². The standard InChI is InChI=1S/C27H38N4O5/c1-17(2)14-21(27(34)31-15-23(35-3)25-24(31)22(32)16-36-25)28-26(33)18-4-6-19(7-5-18)29-10-12-30(13-11-29)20-8-9-20/h4-7,17,20-21,23-25H,8-16H2,1-3H3,(H,28,33)/t21?,23?,24?,25-/m1/s1. The highest BCUT2D eigenvalue weighted by atomic mass is 16.5. The molecule has 3 saturated heterocycles. The van der Waals surface area contributed by atoms with Gasteiger partial charge in [0.05, 0.1) is 6.54 Å². The number of rotatable bonds is 8. The van der Waals surface area contributed by atoms with Gasteiger partial charge in [-0.15, -0.1) is 0 Å². The molecule has 0 bridgehead atoms. The van der Waals surface area contributed by atoms with Gasteiger partial charge in [-0.1, -0.05) is 13.8 Å². The summed E-state index contributed by atoms with van der Waals surface area (Å²) in [7, 11) is 1.56. The maximum atomic E-state index is 13.6. The number of carbonyl (C=O) groups excluding carboxylic acids is 3. The van der Waals surface area contributed by atoms with E-state index < -0.39 is 18.2 Å². The number of hydrogen-bond acceptors (Lipinski definition) is 7. The smallest absolute Gasteiger partial charge is 0.251 e. The van der Waals surface area contributed by atoms with Crippen LogP contribution in [0.1, 0.15) is 43.5 Å². The molecule has 1 aromatic rings. The number of nitrogens with one attached hydrogen (secondary N) is 1. The SMILES string of the molecule is COC1CN(C(=O)C(CC(C)C)NC(=O)c2ccc(N3CCN(C4CC4)CC3)cc2)C2C(=O)CO[C@H]12. The number of methoxy groups -OCH3 is 1. The van der Waals surface area contributed by atoms with Crippen molar-refractivity contribution in [1.82, 2.24) is 15.1 Å². The monoisotopic (exact) mass is 498 g/mol. The van der Waals surface area contributed by atoms with Gasteiger partial charge in [-0.05, 0) is 49.4 Å². The van der Waals surface area contributed by atoms with E-state index in [0.717, 1.165) is 37.9 Å². The Balaban J connectivity index is 1.23. The number of anilines is 1. The third-order valence-electron chi connectivity index (χ3n) is 7.91. The second-order valence-electron chi connectivity index (χ2n) is 10.9. The quantitative estimate of drug-likeness (QED) is 0.578. The number of hydrogen-bond donors (Lipinski definition) is 1. The molecule has 0 spiro atoms. The van der Waals surface area contributed by atoms with Crippen LogP contribution in [0.15, 0.2) is 24.3 Å². The van der Waals surface area contributed by atoms with Crippen LogP contribution in [-0.2, 0) is 19.1 Å². The normalized spacial score (nSPS) is 27.4. The highest BCUT2D eigenvalue weighted by molar-refractivity contribution is 5.99. The zero-order chi connectivity index (χ0) is 25.4. The number of likely N-dealkylation sites (tertiary alicyclic amines) is 1. The zero-order valence-corrected chi connectivity index (χ0v) is 21.5. The second kappa shape index (κ2) is 10.5. The molecule has 9 heteroatoms. The molecule has 3 unspecified atom stereocenters. The average molecular weight is 499 g/mol. The fourth-order valence-electron chi connectivity index (χ4n) is 5.79. The van der Waals surface area contributed by atoms with Crippen molar-refractivity contribution in [3.05, 3.63) is 29.8 Å². The lowest BCUT2D eigenvalue weighted by molar-refractivity contribution is -0.138. The average Bonchev–Trinajstić information content (AvgIpc) is 3.57. The van der Waals surface area contributed by atoms with E-state index in [1.807, 2.05) is 38.1 Å². The summed E-state index contributed by atoms with van der Waals surface area (Å²) in [5, 5.41) is 2.95. The van der Waals surface area contributed by atoms with Gasteiger partial charge in [-0.25, -0.2) is 0 Å². The van der Waals surface area contributed by atoms with E-state index in [4.69, 9.17) is 9.47 Å². The minimum atomic E-state index is -0.725. The molecule has 4 fully saturated rings. The van der Waals surface area contributed by atoms with Crippen molar-refractivity contribution in [2.24, 2.45) is 5.92 Å². The minimum Gasteiger partial charge on any atom is -0.377 e. The highest BCUT2D eigenvalue weighted by Gasteiger charge is 2.53. The zero-order valence-electron chi connectivity index (χ0n) is 21.5. The van der Waals surface area contributed by atoms with Crippen LogP contribution in [0.5, 0.6) is 0 Å². The first-order valence-electron chi connectivity index (χ1n) is 13.2. The Hall–Kier alpha value is -2.49. The molecule has 4 aliphatic rings. The van der Waals surface area contributed by atoms with Crippen LogP contribution in [0.4, 0.5) is 5.69 Å². The summed E-state index contributed by atoms with van der Waals surface area (Å²) >= 11 is 0. The van der Waals surface area contributed by atoms with Gasteiger partial charge in [0, 0.05) is 50.6 Å². The van der Waals surface area contributed by atoms with Crippen molar-refractivity contribution in [3.63, 3.8) is 0 Å². The van der Waals surface area contributed by atoms with Crippen molar-refractivity contribution < 1.29 is 23.9 Å². The number of amides is 2. The van der Waals surface area contributed by atoms with Crippen LogP contribution in [0, 0.1) is 5.92 Å². The lowest BCUT2D eigenvalue weighted by atomic mass is 10.0. The number of ketones is 1. The predicted octanol–water partition coefficient (Wildman–Crippen LogP) is 1.31. The molecule has 3 aliphatic heterocycles. The maximum Gasteiger partial charge on any atom is 0.251 e. The van der Waals surface area contributed by atoms with Crippen LogP contribution in [0.3, 0.4) is 0 Å². The Morgan fingerprint density at radius 3 is 2.42 bits per heavy atom. The molecule has 5 rings (SSSR count). The molecule has 0 aromatic heterocycles. The molecule has 1 saturated carbocycles. The van der Waals surface area contributed by atoms with E-state index in [2.05, 4.69) is 15.1 Å². The second-order valence-corrected chi connectivity index (χ2v) is 10.9. The number of benzene rings is 1. The van der Waals surface area contributed by atoms with Gasteiger partial charge >= 0.3 is 0 Å². The summed E-state index contributed by atoms with van der Waals surface area (Å²) in [5.74, 6) is -0.470. The van der Waals surface area contributed by atoms with Crippen LogP contribution >= 0.6 is 0 Å². The predicted molar refractivity (Wildman–Crippen MR) is 135 cm³/mol. The third-order valence-corrected chi connectivity index (χ3v) is 7.91.